The van der Waals surface area contributed by atoms with Crippen molar-refractivity contribution < 1.29 is 4.74 Å². The van der Waals surface area contributed by atoms with Crippen LogP contribution < -0.4 is 21.1 Å². The molecule has 0 aliphatic heterocycles. The Morgan fingerprint density at radius 1 is 0.583 bits per heavy atom. The van der Waals surface area contributed by atoms with Gasteiger partial charge in [-0.3, -0.25) is 0 Å². The van der Waals surface area contributed by atoms with Crippen LogP contribution in [0.25, 0.3) is 21.9 Å². The minimum Gasteiger partial charge on any atom is -0.496 e. The lowest BCUT2D eigenvalue weighted by Crippen LogP contribution is -2.56. The first-order chi connectivity index (χ1) is 17.4. The monoisotopic (exact) mass is 488 g/mol. The largest absolute Gasteiger partial charge is 0.496 e. The fraction of sp³-hybridized carbons (Fsp3) is 0.152. The van der Waals surface area contributed by atoms with Crippen LogP contribution in [0.15, 0.2) is 91.0 Å². The lowest BCUT2D eigenvalue weighted by molar-refractivity contribution is 0.416. The van der Waals surface area contributed by atoms with Gasteiger partial charge in [0.05, 0.1) is 7.11 Å². The van der Waals surface area contributed by atoms with Gasteiger partial charge >= 0.3 is 0 Å². The standard InChI is InChI=1S/C33H30BClO/c1-21-10-8-11-22(2)32(21)34(33-23(3)12-9-13-24(33)4)30-19-18-27(26-14-6-7-15-28(26)30)29-17-16-25(35)20-31(29)36-5/h6-20H,1-5H3. The van der Waals surface area contributed by atoms with E-state index in [1.165, 1.54) is 49.4 Å². The molecule has 0 amide bonds. The summed E-state index contributed by atoms with van der Waals surface area (Å²) in [5.41, 5.74) is 11.5. The molecular formula is C33H30BClO. The summed E-state index contributed by atoms with van der Waals surface area (Å²) >= 11 is 6.28. The molecule has 0 aliphatic rings. The van der Waals surface area contributed by atoms with Crippen LogP contribution in [0.4, 0.5) is 0 Å². The molecule has 5 aromatic rings. The zero-order valence-electron chi connectivity index (χ0n) is 21.5. The lowest BCUT2D eigenvalue weighted by atomic mass is 9.33. The predicted octanol–water partition coefficient (Wildman–Crippen LogP) is 6.92. The van der Waals surface area contributed by atoms with Gasteiger partial charge in [-0.1, -0.05) is 123 Å². The molecule has 0 bridgehead atoms. The third kappa shape index (κ3) is 4.20. The number of fused-ring (bicyclic) bond motifs is 1. The van der Waals surface area contributed by atoms with E-state index in [2.05, 4.69) is 107 Å². The van der Waals surface area contributed by atoms with Crippen LogP contribution in [0, 0.1) is 27.7 Å². The highest BCUT2D eigenvalue weighted by molar-refractivity contribution is 6.98. The summed E-state index contributed by atoms with van der Waals surface area (Å²) in [6.45, 7) is 9.06. The maximum Gasteiger partial charge on any atom is 0.243 e. The van der Waals surface area contributed by atoms with Crippen molar-refractivity contribution in [3.05, 3.63) is 118 Å². The highest BCUT2D eigenvalue weighted by atomic mass is 35.5. The second-order valence-corrected chi connectivity index (χ2v) is 10.1. The van der Waals surface area contributed by atoms with Crippen LogP contribution in [-0.4, -0.2) is 13.8 Å². The Morgan fingerprint density at radius 2 is 1.11 bits per heavy atom. The third-order valence-corrected chi connectivity index (χ3v) is 7.62. The van der Waals surface area contributed by atoms with Crippen LogP contribution in [-0.2, 0) is 0 Å². The molecule has 0 aromatic heterocycles. The minimum atomic E-state index is 0.124. The number of hydrogen-bond acceptors (Lipinski definition) is 1. The highest BCUT2D eigenvalue weighted by Crippen LogP contribution is 2.36. The van der Waals surface area contributed by atoms with Gasteiger partial charge in [-0.25, -0.2) is 0 Å². The summed E-state index contributed by atoms with van der Waals surface area (Å²) in [4.78, 5) is 0. The van der Waals surface area contributed by atoms with E-state index in [1.54, 1.807) is 7.11 Å². The van der Waals surface area contributed by atoms with Crippen molar-refractivity contribution in [1.29, 1.82) is 0 Å². The number of benzene rings is 5. The molecule has 3 heteroatoms. The van der Waals surface area contributed by atoms with Gasteiger partial charge in [0.25, 0.3) is 0 Å². The Labute approximate surface area is 219 Å². The molecular weight excluding hydrogens is 459 g/mol. The van der Waals surface area contributed by atoms with Gasteiger partial charge < -0.3 is 4.74 Å². The van der Waals surface area contributed by atoms with E-state index in [0.29, 0.717) is 5.02 Å². The number of aryl methyl sites for hydroxylation is 4. The first-order valence-corrected chi connectivity index (χ1v) is 12.8. The highest BCUT2D eigenvalue weighted by Gasteiger charge is 2.29. The molecule has 0 aliphatic carbocycles. The molecule has 0 fully saturated rings. The van der Waals surface area contributed by atoms with E-state index in [-0.39, 0.29) is 6.71 Å². The van der Waals surface area contributed by atoms with E-state index in [0.717, 1.165) is 16.9 Å². The van der Waals surface area contributed by atoms with Crippen LogP contribution in [0.3, 0.4) is 0 Å². The van der Waals surface area contributed by atoms with Crippen LogP contribution in [0.5, 0.6) is 5.75 Å². The zero-order valence-corrected chi connectivity index (χ0v) is 22.3. The molecule has 1 nitrogen and oxygen atoms in total. The van der Waals surface area contributed by atoms with Gasteiger partial charge in [0.2, 0.25) is 6.71 Å². The summed E-state index contributed by atoms with van der Waals surface area (Å²) < 4.78 is 5.72. The minimum absolute atomic E-state index is 0.124. The van der Waals surface area contributed by atoms with E-state index >= 15 is 0 Å². The summed E-state index contributed by atoms with van der Waals surface area (Å²) in [5, 5.41) is 3.13. The SMILES string of the molecule is COc1cc(Cl)ccc1-c1ccc(B(c2c(C)cccc2C)c2c(C)cccc2C)c2ccccc12. The summed E-state index contributed by atoms with van der Waals surface area (Å²) in [6, 6.07) is 32.4. The Balaban J connectivity index is 1.85. The molecule has 0 unspecified atom stereocenters. The second kappa shape index (κ2) is 9.87. The predicted molar refractivity (Wildman–Crippen MR) is 157 cm³/mol. The van der Waals surface area contributed by atoms with Crippen LogP contribution in [0.2, 0.25) is 5.02 Å². The van der Waals surface area contributed by atoms with Gasteiger partial charge in [-0.05, 0) is 62.2 Å². The molecule has 0 saturated carbocycles. The van der Waals surface area contributed by atoms with Gasteiger partial charge in [-0.15, -0.1) is 0 Å². The first-order valence-electron chi connectivity index (χ1n) is 12.4. The summed E-state index contributed by atoms with van der Waals surface area (Å²) in [5.74, 6) is 0.779. The van der Waals surface area contributed by atoms with Crippen molar-refractivity contribution in [3.63, 3.8) is 0 Å². The molecule has 5 aromatic carbocycles. The van der Waals surface area contributed by atoms with E-state index in [9.17, 15) is 0 Å². The maximum absolute atomic E-state index is 6.28. The number of halogens is 1. The van der Waals surface area contributed by atoms with E-state index in [1.807, 2.05) is 12.1 Å². The Bertz CT molecular complexity index is 1500. The lowest BCUT2D eigenvalue weighted by Gasteiger charge is -2.25. The Morgan fingerprint density at radius 3 is 1.67 bits per heavy atom. The van der Waals surface area contributed by atoms with Gasteiger partial charge in [0.15, 0.2) is 0 Å². The topological polar surface area (TPSA) is 9.23 Å². The fourth-order valence-corrected chi connectivity index (χ4v) is 5.88. The number of hydrogen-bond donors (Lipinski definition) is 0. The normalized spacial score (nSPS) is 11.1. The zero-order chi connectivity index (χ0) is 25.4. The average molecular weight is 489 g/mol. The molecule has 0 atom stereocenters. The molecule has 0 heterocycles. The molecule has 0 saturated heterocycles. The van der Waals surface area contributed by atoms with E-state index in [4.69, 9.17) is 16.3 Å². The van der Waals surface area contributed by atoms with Crippen molar-refractivity contribution >= 4 is 45.5 Å². The third-order valence-electron chi connectivity index (χ3n) is 7.38. The second-order valence-electron chi connectivity index (χ2n) is 9.64. The molecule has 0 N–H and O–H groups in total. The first kappa shape index (κ1) is 24.2. The Hall–Kier alpha value is -3.49. The maximum atomic E-state index is 6.28. The summed E-state index contributed by atoms with van der Waals surface area (Å²) in [7, 11) is 1.70. The summed E-state index contributed by atoms with van der Waals surface area (Å²) in [6.07, 6.45) is 0. The molecule has 5 rings (SSSR count). The fourth-order valence-electron chi connectivity index (χ4n) is 5.72. The van der Waals surface area contributed by atoms with Crippen molar-refractivity contribution in [3.8, 4) is 16.9 Å². The number of ether oxygens (including phenoxy) is 1. The van der Waals surface area contributed by atoms with Gasteiger partial charge in [0, 0.05) is 10.6 Å². The van der Waals surface area contributed by atoms with Gasteiger partial charge in [0.1, 0.15) is 5.75 Å². The number of methoxy groups -OCH3 is 1. The Kier molecular flexibility index (Phi) is 6.64. The van der Waals surface area contributed by atoms with Crippen molar-refractivity contribution in [2.24, 2.45) is 0 Å². The molecule has 0 spiro atoms. The van der Waals surface area contributed by atoms with Gasteiger partial charge in [-0.2, -0.15) is 0 Å². The number of rotatable bonds is 5. The van der Waals surface area contributed by atoms with E-state index < -0.39 is 0 Å². The smallest absolute Gasteiger partial charge is 0.243 e. The van der Waals surface area contributed by atoms with Crippen molar-refractivity contribution in [2.75, 3.05) is 7.11 Å². The quantitative estimate of drug-likeness (QED) is 0.244. The molecule has 36 heavy (non-hydrogen) atoms. The molecule has 0 radical (unpaired) electrons. The average Bonchev–Trinajstić information content (AvgIpc) is 2.87. The van der Waals surface area contributed by atoms with Crippen molar-refractivity contribution in [2.45, 2.75) is 27.7 Å². The van der Waals surface area contributed by atoms with Crippen LogP contribution in [0.1, 0.15) is 22.3 Å². The molecule has 178 valence electrons. The van der Waals surface area contributed by atoms with Crippen LogP contribution >= 0.6 is 11.6 Å². The van der Waals surface area contributed by atoms with Crippen molar-refractivity contribution in [1.82, 2.24) is 0 Å².